The number of aromatic nitrogens is 1. The second-order valence-corrected chi connectivity index (χ2v) is 4.82. The summed E-state index contributed by atoms with van der Waals surface area (Å²) in [5.41, 5.74) is 9.67. The first-order chi connectivity index (χ1) is 8.08. The molecule has 0 bridgehead atoms. The van der Waals surface area contributed by atoms with Gasteiger partial charge in [-0.05, 0) is 43.2 Å². The molecule has 0 atom stereocenters. The van der Waals surface area contributed by atoms with E-state index in [-0.39, 0.29) is 0 Å². The molecule has 17 heavy (non-hydrogen) atoms. The average Bonchev–Trinajstić information content (AvgIpc) is 2.30. The molecule has 0 saturated carbocycles. The summed E-state index contributed by atoms with van der Waals surface area (Å²) < 4.78 is 1.08. The van der Waals surface area contributed by atoms with E-state index < -0.39 is 0 Å². The lowest BCUT2D eigenvalue weighted by molar-refractivity contribution is 1.27. The molecule has 2 rings (SSSR count). The Kier molecular flexibility index (Phi) is 3.33. The van der Waals surface area contributed by atoms with Gasteiger partial charge in [0.15, 0.2) is 0 Å². The summed E-state index contributed by atoms with van der Waals surface area (Å²) in [6.45, 7) is 4.02. The Labute approximate surface area is 109 Å². The molecule has 3 N–H and O–H groups in total. The normalized spacial score (nSPS) is 10.3. The molecule has 1 aromatic heterocycles. The molecule has 1 aromatic carbocycles. The van der Waals surface area contributed by atoms with Gasteiger partial charge < -0.3 is 11.1 Å². The largest absolute Gasteiger partial charge is 0.397 e. The highest BCUT2D eigenvalue weighted by atomic mass is 79.9. The second-order valence-electron chi connectivity index (χ2n) is 3.96. The number of aryl methyl sites for hydroxylation is 1. The first-order valence-electron chi connectivity index (χ1n) is 5.32. The SMILES string of the molecule is Cc1cc(Nc2cccc(Br)c2C)ncc1N. The first-order valence-corrected chi connectivity index (χ1v) is 6.11. The van der Waals surface area contributed by atoms with E-state index in [1.807, 2.05) is 31.2 Å². The van der Waals surface area contributed by atoms with Crippen LogP contribution in [0.4, 0.5) is 17.2 Å². The Bertz CT molecular complexity index is 552. The molecule has 0 amide bonds. The van der Waals surface area contributed by atoms with Crippen molar-refractivity contribution in [1.82, 2.24) is 4.98 Å². The fourth-order valence-electron chi connectivity index (χ4n) is 1.52. The lowest BCUT2D eigenvalue weighted by Gasteiger charge is -2.11. The van der Waals surface area contributed by atoms with Crippen molar-refractivity contribution in [3.05, 3.63) is 46.1 Å². The lowest BCUT2D eigenvalue weighted by atomic mass is 10.2. The van der Waals surface area contributed by atoms with Crippen molar-refractivity contribution in [2.45, 2.75) is 13.8 Å². The summed E-state index contributed by atoms with van der Waals surface area (Å²) in [6, 6.07) is 7.97. The van der Waals surface area contributed by atoms with Crippen LogP contribution in [-0.2, 0) is 0 Å². The topological polar surface area (TPSA) is 50.9 Å². The maximum absolute atomic E-state index is 5.74. The number of rotatable bonds is 2. The van der Waals surface area contributed by atoms with Gasteiger partial charge in [-0.15, -0.1) is 0 Å². The van der Waals surface area contributed by atoms with E-state index in [1.54, 1.807) is 6.20 Å². The third-order valence-electron chi connectivity index (χ3n) is 2.68. The van der Waals surface area contributed by atoms with E-state index in [0.29, 0.717) is 5.69 Å². The van der Waals surface area contributed by atoms with Gasteiger partial charge >= 0.3 is 0 Å². The minimum absolute atomic E-state index is 0.710. The number of nitrogens with two attached hydrogens (primary N) is 1. The highest BCUT2D eigenvalue weighted by Crippen LogP contribution is 2.26. The maximum atomic E-state index is 5.74. The van der Waals surface area contributed by atoms with Crippen molar-refractivity contribution in [3.63, 3.8) is 0 Å². The molecule has 2 aromatic rings. The zero-order chi connectivity index (χ0) is 12.4. The van der Waals surface area contributed by atoms with E-state index in [9.17, 15) is 0 Å². The quantitative estimate of drug-likeness (QED) is 0.885. The van der Waals surface area contributed by atoms with Crippen LogP contribution in [0.5, 0.6) is 0 Å². The molecule has 88 valence electrons. The molecule has 1 heterocycles. The van der Waals surface area contributed by atoms with E-state index in [2.05, 4.69) is 33.2 Å². The van der Waals surface area contributed by atoms with E-state index in [4.69, 9.17) is 5.73 Å². The molecule has 0 unspecified atom stereocenters. The van der Waals surface area contributed by atoms with Gasteiger partial charge in [0.05, 0.1) is 11.9 Å². The Morgan fingerprint density at radius 1 is 1.29 bits per heavy atom. The van der Waals surface area contributed by atoms with Crippen LogP contribution in [0.1, 0.15) is 11.1 Å². The Hall–Kier alpha value is -1.55. The first kappa shape index (κ1) is 11.9. The van der Waals surface area contributed by atoms with Crippen molar-refractivity contribution < 1.29 is 0 Å². The molecular weight excluding hydrogens is 278 g/mol. The average molecular weight is 292 g/mol. The van der Waals surface area contributed by atoms with Crippen LogP contribution in [-0.4, -0.2) is 4.98 Å². The summed E-state index contributed by atoms with van der Waals surface area (Å²) in [4.78, 5) is 4.25. The lowest BCUT2D eigenvalue weighted by Crippen LogP contribution is -1.98. The smallest absolute Gasteiger partial charge is 0.130 e. The van der Waals surface area contributed by atoms with E-state index in [0.717, 1.165) is 27.1 Å². The summed E-state index contributed by atoms with van der Waals surface area (Å²) in [7, 11) is 0. The van der Waals surface area contributed by atoms with Gasteiger partial charge in [0.1, 0.15) is 5.82 Å². The van der Waals surface area contributed by atoms with Gasteiger partial charge in [0.2, 0.25) is 0 Å². The van der Waals surface area contributed by atoms with Crippen LogP contribution in [0.3, 0.4) is 0 Å². The molecular formula is C13H14BrN3. The van der Waals surface area contributed by atoms with Gasteiger partial charge in [-0.2, -0.15) is 0 Å². The third-order valence-corrected chi connectivity index (χ3v) is 3.54. The summed E-state index contributed by atoms with van der Waals surface area (Å²) >= 11 is 3.51. The fourth-order valence-corrected chi connectivity index (χ4v) is 1.88. The highest BCUT2D eigenvalue weighted by molar-refractivity contribution is 9.10. The van der Waals surface area contributed by atoms with E-state index >= 15 is 0 Å². The van der Waals surface area contributed by atoms with Crippen molar-refractivity contribution in [3.8, 4) is 0 Å². The van der Waals surface area contributed by atoms with Crippen molar-refractivity contribution >= 4 is 33.1 Å². The van der Waals surface area contributed by atoms with Gasteiger partial charge in [-0.1, -0.05) is 22.0 Å². The number of nitrogens with one attached hydrogen (secondary N) is 1. The second kappa shape index (κ2) is 4.75. The Balaban J connectivity index is 2.31. The molecule has 0 radical (unpaired) electrons. The fraction of sp³-hybridized carbons (Fsp3) is 0.154. The predicted octanol–water partition coefficient (Wildman–Crippen LogP) is 3.79. The molecule has 0 saturated heterocycles. The molecule has 0 aliphatic heterocycles. The van der Waals surface area contributed by atoms with Crippen LogP contribution in [0.15, 0.2) is 34.9 Å². The van der Waals surface area contributed by atoms with Gasteiger partial charge in [0, 0.05) is 10.2 Å². The zero-order valence-corrected chi connectivity index (χ0v) is 11.4. The Morgan fingerprint density at radius 3 is 2.76 bits per heavy atom. The zero-order valence-electron chi connectivity index (χ0n) is 9.79. The number of hydrogen-bond acceptors (Lipinski definition) is 3. The summed E-state index contributed by atoms with van der Waals surface area (Å²) in [5.74, 6) is 0.804. The monoisotopic (exact) mass is 291 g/mol. The van der Waals surface area contributed by atoms with Gasteiger partial charge in [-0.25, -0.2) is 4.98 Å². The molecule has 0 aliphatic carbocycles. The van der Waals surface area contributed by atoms with Crippen molar-refractivity contribution in [1.29, 1.82) is 0 Å². The van der Waals surface area contributed by atoms with Crippen LogP contribution in [0.25, 0.3) is 0 Å². The molecule has 0 spiro atoms. The number of hydrogen-bond donors (Lipinski definition) is 2. The molecule has 0 aliphatic rings. The van der Waals surface area contributed by atoms with Crippen LogP contribution in [0.2, 0.25) is 0 Å². The molecule has 0 fully saturated rings. The molecule has 3 nitrogen and oxygen atoms in total. The minimum atomic E-state index is 0.710. The number of nitrogens with zero attached hydrogens (tertiary/aromatic N) is 1. The number of pyridine rings is 1. The predicted molar refractivity (Wildman–Crippen MR) is 75.5 cm³/mol. The third kappa shape index (κ3) is 2.58. The number of nitrogen functional groups attached to an aromatic ring is 1. The Morgan fingerprint density at radius 2 is 2.06 bits per heavy atom. The highest BCUT2D eigenvalue weighted by Gasteiger charge is 2.03. The van der Waals surface area contributed by atoms with Crippen molar-refractivity contribution in [2.75, 3.05) is 11.1 Å². The van der Waals surface area contributed by atoms with Crippen LogP contribution >= 0.6 is 15.9 Å². The number of anilines is 3. The van der Waals surface area contributed by atoms with E-state index in [1.165, 1.54) is 0 Å². The molecule has 4 heteroatoms. The van der Waals surface area contributed by atoms with Crippen molar-refractivity contribution in [2.24, 2.45) is 0 Å². The minimum Gasteiger partial charge on any atom is -0.397 e. The van der Waals surface area contributed by atoms with Gasteiger partial charge in [-0.3, -0.25) is 0 Å². The van der Waals surface area contributed by atoms with Crippen LogP contribution < -0.4 is 11.1 Å². The number of benzene rings is 1. The van der Waals surface area contributed by atoms with Crippen LogP contribution in [0, 0.1) is 13.8 Å². The summed E-state index contributed by atoms with van der Waals surface area (Å²) in [5, 5.41) is 3.28. The maximum Gasteiger partial charge on any atom is 0.130 e. The standard InChI is InChI=1S/C13H14BrN3/c1-8-6-13(16-7-11(8)15)17-12-5-3-4-10(14)9(12)2/h3-7H,15H2,1-2H3,(H,16,17). The number of halogens is 1. The summed E-state index contributed by atoms with van der Waals surface area (Å²) in [6.07, 6.45) is 1.67. The van der Waals surface area contributed by atoms with Gasteiger partial charge in [0.25, 0.3) is 0 Å².